The number of nitrogens with zero attached hydrogens (tertiary/aromatic N) is 3. The van der Waals surface area contributed by atoms with Crippen molar-refractivity contribution < 1.29 is 4.52 Å². The maximum Gasteiger partial charge on any atom is 0.266 e. The summed E-state index contributed by atoms with van der Waals surface area (Å²) < 4.78 is 5.29. The topological polar surface area (TPSA) is 68.2 Å². The molecule has 2 heterocycles. The summed E-state index contributed by atoms with van der Waals surface area (Å²) in [6.45, 7) is 5.99. The number of anilines is 1. The van der Waals surface area contributed by atoms with Gasteiger partial charge in [-0.25, -0.2) is 0 Å². The van der Waals surface area contributed by atoms with E-state index in [9.17, 15) is 0 Å². The van der Waals surface area contributed by atoms with Gasteiger partial charge in [-0.1, -0.05) is 19.8 Å². The van der Waals surface area contributed by atoms with E-state index in [1.54, 1.807) is 0 Å². The molecule has 1 unspecified atom stereocenters. The highest BCUT2D eigenvalue weighted by Gasteiger charge is 2.27. The molecule has 0 aromatic carbocycles. The highest BCUT2D eigenvalue weighted by atomic mass is 16.5. The van der Waals surface area contributed by atoms with Crippen LogP contribution in [0.15, 0.2) is 4.52 Å². The standard InChI is InChI=1S/C12H22N4O/c1-3-12(2,13)10-14-11(15-17-10)16-8-6-4-5-7-9-16/h3-9,13H2,1-2H3. The van der Waals surface area contributed by atoms with Crippen LogP contribution in [0.2, 0.25) is 0 Å². The number of nitrogens with two attached hydrogens (primary N) is 1. The maximum absolute atomic E-state index is 6.10. The lowest BCUT2D eigenvalue weighted by Gasteiger charge is -2.18. The minimum atomic E-state index is -0.517. The van der Waals surface area contributed by atoms with Crippen molar-refractivity contribution in [2.75, 3.05) is 18.0 Å². The molecule has 0 bridgehead atoms. The molecule has 0 spiro atoms. The third-order valence-electron chi connectivity index (χ3n) is 3.53. The number of hydrogen-bond donors (Lipinski definition) is 1. The molecular formula is C12H22N4O. The van der Waals surface area contributed by atoms with Crippen LogP contribution in [0.1, 0.15) is 51.8 Å². The molecular weight excluding hydrogens is 216 g/mol. The van der Waals surface area contributed by atoms with Crippen LogP contribution in [0.25, 0.3) is 0 Å². The Bertz CT molecular complexity index is 353. The van der Waals surface area contributed by atoms with Crippen molar-refractivity contribution in [1.29, 1.82) is 0 Å². The first-order valence-electron chi connectivity index (χ1n) is 6.51. The zero-order valence-electron chi connectivity index (χ0n) is 10.8. The van der Waals surface area contributed by atoms with E-state index in [-0.39, 0.29) is 0 Å². The van der Waals surface area contributed by atoms with E-state index in [4.69, 9.17) is 10.3 Å². The zero-order valence-corrected chi connectivity index (χ0v) is 10.8. The first-order valence-corrected chi connectivity index (χ1v) is 6.51. The van der Waals surface area contributed by atoms with Crippen molar-refractivity contribution in [3.8, 4) is 0 Å². The quantitative estimate of drug-likeness (QED) is 0.872. The van der Waals surface area contributed by atoms with Gasteiger partial charge in [-0.3, -0.25) is 0 Å². The molecule has 1 aromatic heterocycles. The van der Waals surface area contributed by atoms with Crippen molar-refractivity contribution >= 4 is 5.95 Å². The summed E-state index contributed by atoms with van der Waals surface area (Å²) in [4.78, 5) is 6.64. The van der Waals surface area contributed by atoms with Crippen LogP contribution >= 0.6 is 0 Å². The summed E-state index contributed by atoms with van der Waals surface area (Å²) in [6, 6.07) is 0. The van der Waals surface area contributed by atoms with Crippen LogP contribution in [0, 0.1) is 0 Å². The molecule has 1 aliphatic heterocycles. The van der Waals surface area contributed by atoms with Crippen molar-refractivity contribution in [2.24, 2.45) is 5.73 Å². The molecule has 1 aliphatic rings. The van der Waals surface area contributed by atoms with Crippen LogP contribution in [-0.4, -0.2) is 23.2 Å². The summed E-state index contributed by atoms with van der Waals surface area (Å²) in [6.07, 6.45) is 5.79. The molecule has 1 aromatic rings. The summed E-state index contributed by atoms with van der Waals surface area (Å²) >= 11 is 0. The molecule has 1 atom stereocenters. The second-order valence-electron chi connectivity index (χ2n) is 5.07. The highest BCUT2D eigenvalue weighted by Crippen LogP contribution is 2.23. The fourth-order valence-corrected chi connectivity index (χ4v) is 2.00. The Morgan fingerprint density at radius 2 is 1.94 bits per heavy atom. The Kier molecular flexibility index (Phi) is 3.66. The molecule has 1 saturated heterocycles. The zero-order chi connectivity index (χ0) is 12.3. The molecule has 2 N–H and O–H groups in total. The largest absolute Gasteiger partial charge is 0.338 e. The third-order valence-corrected chi connectivity index (χ3v) is 3.53. The lowest BCUT2D eigenvalue weighted by Crippen LogP contribution is -2.32. The average Bonchev–Trinajstić information content (AvgIpc) is 2.67. The maximum atomic E-state index is 6.10. The van der Waals surface area contributed by atoms with Crippen molar-refractivity contribution in [1.82, 2.24) is 10.1 Å². The number of hydrogen-bond acceptors (Lipinski definition) is 5. The van der Waals surface area contributed by atoms with Crippen LogP contribution in [0.3, 0.4) is 0 Å². The van der Waals surface area contributed by atoms with Gasteiger partial charge in [0, 0.05) is 13.1 Å². The molecule has 2 rings (SSSR count). The molecule has 96 valence electrons. The predicted octanol–water partition coefficient (Wildman–Crippen LogP) is 2.03. The molecule has 5 heteroatoms. The Labute approximate surface area is 102 Å². The second kappa shape index (κ2) is 5.04. The van der Waals surface area contributed by atoms with Crippen LogP contribution in [0.5, 0.6) is 0 Å². The first kappa shape index (κ1) is 12.4. The molecule has 0 radical (unpaired) electrons. The summed E-state index contributed by atoms with van der Waals surface area (Å²) in [5, 5.41) is 4.06. The van der Waals surface area contributed by atoms with Gasteiger partial charge in [0.25, 0.3) is 5.95 Å². The van der Waals surface area contributed by atoms with Crippen molar-refractivity contribution in [3.63, 3.8) is 0 Å². The smallest absolute Gasteiger partial charge is 0.266 e. The first-order chi connectivity index (χ1) is 8.13. The Balaban J connectivity index is 2.11. The van der Waals surface area contributed by atoms with Crippen LogP contribution in [0.4, 0.5) is 5.95 Å². The van der Waals surface area contributed by atoms with Crippen LogP contribution in [-0.2, 0) is 5.54 Å². The van der Waals surface area contributed by atoms with E-state index in [1.807, 2.05) is 13.8 Å². The minimum Gasteiger partial charge on any atom is -0.338 e. The SMILES string of the molecule is CCC(C)(N)c1nc(N2CCCCCC2)no1. The molecule has 0 amide bonds. The molecule has 5 nitrogen and oxygen atoms in total. The van der Waals surface area contributed by atoms with Gasteiger partial charge in [-0.05, 0) is 31.3 Å². The van der Waals surface area contributed by atoms with Gasteiger partial charge < -0.3 is 15.2 Å². The van der Waals surface area contributed by atoms with Gasteiger partial charge in [0.15, 0.2) is 0 Å². The molecule has 17 heavy (non-hydrogen) atoms. The highest BCUT2D eigenvalue weighted by molar-refractivity contribution is 5.28. The predicted molar refractivity (Wildman–Crippen MR) is 66.8 cm³/mol. The van der Waals surface area contributed by atoms with E-state index >= 15 is 0 Å². The normalized spacial score (nSPS) is 21.0. The van der Waals surface area contributed by atoms with Gasteiger partial charge in [-0.15, -0.1) is 0 Å². The number of rotatable bonds is 3. The Morgan fingerprint density at radius 3 is 2.53 bits per heavy atom. The van der Waals surface area contributed by atoms with E-state index in [0.29, 0.717) is 11.8 Å². The van der Waals surface area contributed by atoms with E-state index in [1.165, 1.54) is 25.7 Å². The molecule has 1 fully saturated rings. The van der Waals surface area contributed by atoms with Gasteiger partial charge in [0.2, 0.25) is 5.89 Å². The number of aromatic nitrogens is 2. The molecule has 0 aliphatic carbocycles. The Morgan fingerprint density at radius 1 is 1.29 bits per heavy atom. The fourth-order valence-electron chi connectivity index (χ4n) is 2.00. The van der Waals surface area contributed by atoms with Gasteiger partial charge in [0.1, 0.15) is 0 Å². The molecule has 0 saturated carbocycles. The third kappa shape index (κ3) is 2.77. The van der Waals surface area contributed by atoms with Gasteiger partial charge >= 0.3 is 0 Å². The van der Waals surface area contributed by atoms with Gasteiger partial charge in [-0.2, -0.15) is 4.98 Å². The monoisotopic (exact) mass is 238 g/mol. The van der Waals surface area contributed by atoms with Crippen molar-refractivity contribution in [2.45, 2.75) is 51.5 Å². The van der Waals surface area contributed by atoms with Gasteiger partial charge in [0.05, 0.1) is 5.54 Å². The average molecular weight is 238 g/mol. The second-order valence-corrected chi connectivity index (χ2v) is 5.07. The van der Waals surface area contributed by atoms with E-state index in [0.717, 1.165) is 19.5 Å². The lowest BCUT2D eigenvalue weighted by molar-refractivity contribution is 0.291. The van der Waals surface area contributed by atoms with E-state index in [2.05, 4.69) is 15.0 Å². The summed E-state index contributed by atoms with van der Waals surface area (Å²) in [5.41, 5.74) is 5.58. The summed E-state index contributed by atoms with van der Waals surface area (Å²) in [7, 11) is 0. The Hall–Kier alpha value is -1.10. The van der Waals surface area contributed by atoms with Crippen molar-refractivity contribution in [3.05, 3.63) is 5.89 Å². The van der Waals surface area contributed by atoms with E-state index < -0.39 is 5.54 Å². The summed E-state index contributed by atoms with van der Waals surface area (Å²) in [5.74, 6) is 1.24. The fraction of sp³-hybridized carbons (Fsp3) is 0.833. The van der Waals surface area contributed by atoms with Crippen LogP contribution < -0.4 is 10.6 Å². The lowest BCUT2D eigenvalue weighted by atomic mass is 10.0. The minimum absolute atomic E-state index is 0.517.